The Kier molecular flexibility index (Phi) is 6.11. The molecular formula is C13H21NO4S. The lowest BCUT2D eigenvalue weighted by atomic mass is 10.1. The molecule has 108 valence electrons. The van der Waals surface area contributed by atoms with E-state index in [1.807, 2.05) is 32.0 Å². The Hall–Kier alpha value is -1.27. The second-order valence-corrected chi connectivity index (χ2v) is 5.90. The van der Waals surface area contributed by atoms with Gasteiger partial charge in [-0.3, -0.25) is 0 Å². The van der Waals surface area contributed by atoms with E-state index in [1.165, 1.54) is 0 Å². The molecule has 0 saturated carbocycles. The second kappa shape index (κ2) is 7.35. The van der Waals surface area contributed by atoms with Crippen molar-refractivity contribution in [3.05, 3.63) is 23.8 Å². The molecule has 6 heteroatoms. The van der Waals surface area contributed by atoms with Gasteiger partial charge in [0.05, 0.1) is 19.5 Å². The van der Waals surface area contributed by atoms with Gasteiger partial charge in [-0.25, -0.2) is 13.1 Å². The summed E-state index contributed by atoms with van der Waals surface area (Å²) < 4.78 is 35.4. The van der Waals surface area contributed by atoms with Crippen LogP contribution in [0.25, 0.3) is 0 Å². The zero-order valence-corrected chi connectivity index (χ0v) is 12.4. The fourth-order valence-electron chi connectivity index (χ4n) is 1.63. The summed E-state index contributed by atoms with van der Waals surface area (Å²) in [6.07, 6.45) is 1.76. The van der Waals surface area contributed by atoms with Gasteiger partial charge in [-0.2, -0.15) is 0 Å². The monoisotopic (exact) mass is 287 g/mol. The first-order chi connectivity index (χ1) is 8.96. The average molecular weight is 287 g/mol. The first kappa shape index (κ1) is 15.8. The molecule has 0 fully saturated rings. The maximum absolute atomic E-state index is 11.0. The molecule has 0 amide bonds. The predicted molar refractivity (Wildman–Crippen MR) is 75.3 cm³/mol. The third-order valence-electron chi connectivity index (χ3n) is 2.39. The van der Waals surface area contributed by atoms with Gasteiger partial charge in [0.15, 0.2) is 11.5 Å². The van der Waals surface area contributed by atoms with Crippen LogP contribution in [0.15, 0.2) is 18.2 Å². The van der Waals surface area contributed by atoms with Gasteiger partial charge in [0.25, 0.3) is 0 Å². The average Bonchev–Trinajstić information content (AvgIpc) is 2.31. The van der Waals surface area contributed by atoms with Crippen molar-refractivity contribution in [1.82, 2.24) is 4.72 Å². The molecule has 0 unspecified atom stereocenters. The van der Waals surface area contributed by atoms with Crippen LogP contribution in [-0.4, -0.2) is 34.4 Å². The van der Waals surface area contributed by atoms with E-state index in [4.69, 9.17) is 9.47 Å². The Bertz CT molecular complexity index is 499. The molecule has 0 bridgehead atoms. The van der Waals surface area contributed by atoms with E-state index in [2.05, 4.69) is 4.72 Å². The molecule has 0 aliphatic heterocycles. The van der Waals surface area contributed by atoms with Crippen LogP contribution in [0.5, 0.6) is 11.5 Å². The lowest BCUT2D eigenvalue weighted by molar-refractivity contribution is 0.287. The molecule has 1 aromatic rings. The lowest BCUT2D eigenvalue weighted by Crippen LogP contribution is -2.24. The molecule has 1 N–H and O–H groups in total. The van der Waals surface area contributed by atoms with E-state index in [9.17, 15) is 8.42 Å². The van der Waals surface area contributed by atoms with Gasteiger partial charge >= 0.3 is 0 Å². The van der Waals surface area contributed by atoms with Crippen molar-refractivity contribution < 1.29 is 17.9 Å². The van der Waals surface area contributed by atoms with Gasteiger partial charge in [0.2, 0.25) is 10.0 Å². The standard InChI is InChI=1S/C13H21NO4S/c1-4-17-12-7-6-11(10-13(12)18-5-2)8-9-14-19(3,15)16/h6-7,10,14H,4-5,8-9H2,1-3H3. The first-order valence-electron chi connectivity index (χ1n) is 6.29. The van der Waals surface area contributed by atoms with Crippen molar-refractivity contribution in [3.63, 3.8) is 0 Å². The van der Waals surface area contributed by atoms with E-state index in [0.29, 0.717) is 37.7 Å². The summed E-state index contributed by atoms with van der Waals surface area (Å²) in [5.74, 6) is 1.41. The Morgan fingerprint density at radius 2 is 1.74 bits per heavy atom. The van der Waals surface area contributed by atoms with Gasteiger partial charge in [-0.1, -0.05) is 6.07 Å². The van der Waals surface area contributed by atoms with Crippen LogP contribution in [-0.2, 0) is 16.4 Å². The molecule has 0 saturated heterocycles. The van der Waals surface area contributed by atoms with Gasteiger partial charge in [0, 0.05) is 6.54 Å². The first-order valence-corrected chi connectivity index (χ1v) is 8.18. The van der Waals surface area contributed by atoms with Crippen molar-refractivity contribution in [2.45, 2.75) is 20.3 Å². The van der Waals surface area contributed by atoms with Gasteiger partial charge < -0.3 is 9.47 Å². The second-order valence-electron chi connectivity index (χ2n) is 4.06. The fraction of sp³-hybridized carbons (Fsp3) is 0.538. The summed E-state index contributed by atoms with van der Waals surface area (Å²) in [6.45, 7) is 5.34. The molecule has 19 heavy (non-hydrogen) atoms. The highest BCUT2D eigenvalue weighted by molar-refractivity contribution is 7.88. The highest BCUT2D eigenvalue weighted by Gasteiger charge is 2.07. The molecule has 1 aromatic carbocycles. The Labute approximate surface area is 115 Å². The van der Waals surface area contributed by atoms with Crippen LogP contribution in [0.3, 0.4) is 0 Å². The maximum Gasteiger partial charge on any atom is 0.208 e. The molecule has 0 atom stereocenters. The van der Waals surface area contributed by atoms with Crippen molar-refractivity contribution in [2.75, 3.05) is 26.0 Å². The van der Waals surface area contributed by atoms with E-state index < -0.39 is 10.0 Å². The highest BCUT2D eigenvalue weighted by Crippen LogP contribution is 2.28. The molecular weight excluding hydrogens is 266 g/mol. The minimum atomic E-state index is -3.14. The van der Waals surface area contributed by atoms with E-state index in [1.54, 1.807) is 0 Å². The van der Waals surface area contributed by atoms with Crippen LogP contribution in [0.2, 0.25) is 0 Å². The minimum Gasteiger partial charge on any atom is -0.490 e. The summed E-state index contributed by atoms with van der Waals surface area (Å²) in [4.78, 5) is 0. The van der Waals surface area contributed by atoms with Gasteiger partial charge in [0.1, 0.15) is 0 Å². The summed E-state index contributed by atoms with van der Waals surface area (Å²) in [5.41, 5.74) is 1.00. The third kappa shape index (κ3) is 5.94. The van der Waals surface area contributed by atoms with Crippen molar-refractivity contribution in [3.8, 4) is 11.5 Å². The molecule has 0 aromatic heterocycles. The third-order valence-corrected chi connectivity index (χ3v) is 3.11. The van der Waals surface area contributed by atoms with E-state index >= 15 is 0 Å². The zero-order valence-electron chi connectivity index (χ0n) is 11.6. The van der Waals surface area contributed by atoms with Crippen LogP contribution in [0.4, 0.5) is 0 Å². The molecule has 0 radical (unpaired) electrons. The zero-order chi connectivity index (χ0) is 14.3. The van der Waals surface area contributed by atoms with Crippen molar-refractivity contribution in [1.29, 1.82) is 0 Å². The number of sulfonamides is 1. The SMILES string of the molecule is CCOc1ccc(CCNS(C)(=O)=O)cc1OCC. The van der Waals surface area contributed by atoms with Crippen LogP contribution >= 0.6 is 0 Å². The number of benzene rings is 1. The number of nitrogens with one attached hydrogen (secondary N) is 1. The molecule has 0 aliphatic rings. The van der Waals surface area contributed by atoms with Crippen LogP contribution < -0.4 is 14.2 Å². The summed E-state index contributed by atoms with van der Waals surface area (Å²) in [5, 5.41) is 0. The van der Waals surface area contributed by atoms with E-state index in [0.717, 1.165) is 11.8 Å². The van der Waals surface area contributed by atoms with Gasteiger partial charge in [-0.15, -0.1) is 0 Å². The summed E-state index contributed by atoms with van der Waals surface area (Å²) >= 11 is 0. The largest absolute Gasteiger partial charge is 0.490 e. The summed E-state index contributed by atoms with van der Waals surface area (Å²) in [7, 11) is -3.14. The smallest absolute Gasteiger partial charge is 0.208 e. The van der Waals surface area contributed by atoms with Crippen molar-refractivity contribution in [2.24, 2.45) is 0 Å². The number of rotatable bonds is 8. The Balaban J connectivity index is 2.71. The highest BCUT2D eigenvalue weighted by atomic mass is 32.2. The van der Waals surface area contributed by atoms with Crippen LogP contribution in [0, 0.1) is 0 Å². The fourth-order valence-corrected chi connectivity index (χ4v) is 2.10. The Morgan fingerprint density at radius 3 is 2.32 bits per heavy atom. The van der Waals surface area contributed by atoms with Gasteiger partial charge in [-0.05, 0) is 38.0 Å². The quantitative estimate of drug-likeness (QED) is 0.788. The summed E-state index contributed by atoms with van der Waals surface area (Å²) in [6, 6.07) is 5.65. The minimum absolute atomic E-state index is 0.373. The maximum atomic E-state index is 11.0. The molecule has 0 aliphatic carbocycles. The molecule has 0 heterocycles. The lowest BCUT2D eigenvalue weighted by Gasteiger charge is -2.12. The number of hydrogen-bond donors (Lipinski definition) is 1. The number of ether oxygens (including phenoxy) is 2. The molecule has 1 rings (SSSR count). The molecule has 5 nitrogen and oxygen atoms in total. The van der Waals surface area contributed by atoms with Crippen LogP contribution in [0.1, 0.15) is 19.4 Å². The van der Waals surface area contributed by atoms with E-state index in [-0.39, 0.29) is 0 Å². The van der Waals surface area contributed by atoms with Crippen molar-refractivity contribution >= 4 is 10.0 Å². The Morgan fingerprint density at radius 1 is 1.11 bits per heavy atom. The topological polar surface area (TPSA) is 64.6 Å². The molecule has 0 spiro atoms. The predicted octanol–water partition coefficient (Wildman–Crippen LogP) is 1.58. The number of hydrogen-bond acceptors (Lipinski definition) is 4. The normalized spacial score (nSPS) is 11.3.